The molecule has 28 heavy (non-hydrogen) atoms. The number of piperidine rings is 1. The van der Waals surface area contributed by atoms with Crippen LogP contribution < -0.4 is 5.32 Å². The molecule has 1 unspecified atom stereocenters. The summed E-state index contributed by atoms with van der Waals surface area (Å²) in [6.07, 6.45) is 5.27. The molecule has 0 spiro atoms. The predicted octanol–water partition coefficient (Wildman–Crippen LogP) is 3.48. The van der Waals surface area contributed by atoms with Gasteiger partial charge in [0.25, 0.3) is 5.91 Å². The normalized spacial score (nSPS) is 16.7. The number of thiophene rings is 1. The Labute approximate surface area is 167 Å². The fourth-order valence-electron chi connectivity index (χ4n) is 3.52. The molecular formula is C21H22N4O2S. The fourth-order valence-corrected chi connectivity index (χ4v) is 4.21. The van der Waals surface area contributed by atoms with E-state index >= 15 is 0 Å². The molecule has 3 aromatic rings. The van der Waals surface area contributed by atoms with E-state index in [1.807, 2.05) is 58.7 Å². The first-order valence-corrected chi connectivity index (χ1v) is 10.3. The van der Waals surface area contributed by atoms with Crippen molar-refractivity contribution >= 4 is 28.8 Å². The van der Waals surface area contributed by atoms with Crippen LogP contribution in [0.1, 0.15) is 28.1 Å². The lowest BCUT2D eigenvalue weighted by atomic mass is 9.96. The van der Waals surface area contributed by atoms with E-state index in [4.69, 9.17) is 0 Å². The van der Waals surface area contributed by atoms with Gasteiger partial charge in [-0.25, -0.2) is 0 Å². The highest BCUT2D eigenvalue weighted by Gasteiger charge is 2.29. The van der Waals surface area contributed by atoms with Crippen LogP contribution in [0.25, 0.3) is 0 Å². The number of rotatable bonds is 5. The Morgan fingerprint density at radius 1 is 1.18 bits per heavy atom. The number of para-hydroxylation sites is 1. The molecule has 1 fully saturated rings. The van der Waals surface area contributed by atoms with Gasteiger partial charge in [-0.3, -0.25) is 14.3 Å². The molecule has 1 aliphatic heterocycles. The highest BCUT2D eigenvalue weighted by Crippen LogP contribution is 2.23. The van der Waals surface area contributed by atoms with Crippen LogP contribution in [0.4, 0.5) is 5.69 Å². The monoisotopic (exact) mass is 394 g/mol. The van der Waals surface area contributed by atoms with E-state index < -0.39 is 0 Å². The Morgan fingerprint density at radius 3 is 2.86 bits per heavy atom. The SMILES string of the molecule is O=C(Nc1ccccc1Cn1cccn1)C1CCCN(C(=O)c2cccs2)C1. The molecule has 3 heterocycles. The molecule has 7 heteroatoms. The van der Waals surface area contributed by atoms with Crippen molar-refractivity contribution in [2.75, 3.05) is 18.4 Å². The summed E-state index contributed by atoms with van der Waals surface area (Å²) in [5, 5.41) is 9.21. The van der Waals surface area contributed by atoms with Gasteiger partial charge in [-0.2, -0.15) is 5.10 Å². The van der Waals surface area contributed by atoms with Gasteiger partial charge in [-0.15, -0.1) is 11.3 Å². The summed E-state index contributed by atoms with van der Waals surface area (Å²) in [6, 6.07) is 13.4. The van der Waals surface area contributed by atoms with E-state index in [9.17, 15) is 9.59 Å². The van der Waals surface area contributed by atoms with Crippen LogP contribution in [0.5, 0.6) is 0 Å². The number of anilines is 1. The zero-order valence-corrected chi connectivity index (χ0v) is 16.3. The Hall–Kier alpha value is -2.93. The Balaban J connectivity index is 1.43. The van der Waals surface area contributed by atoms with E-state index in [2.05, 4.69) is 10.4 Å². The lowest BCUT2D eigenvalue weighted by Gasteiger charge is -2.32. The lowest BCUT2D eigenvalue weighted by Crippen LogP contribution is -2.43. The Bertz CT molecular complexity index is 937. The van der Waals surface area contributed by atoms with Crippen LogP contribution in [0, 0.1) is 5.92 Å². The van der Waals surface area contributed by atoms with Crippen molar-refractivity contribution in [1.29, 1.82) is 0 Å². The summed E-state index contributed by atoms with van der Waals surface area (Å²) in [5.41, 5.74) is 1.80. The summed E-state index contributed by atoms with van der Waals surface area (Å²) in [7, 11) is 0. The third-order valence-electron chi connectivity index (χ3n) is 4.98. The number of hydrogen-bond donors (Lipinski definition) is 1. The predicted molar refractivity (Wildman–Crippen MR) is 109 cm³/mol. The van der Waals surface area contributed by atoms with Gasteiger partial charge in [0.1, 0.15) is 0 Å². The summed E-state index contributed by atoms with van der Waals surface area (Å²) < 4.78 is 1.83. The zero-order valence-electron chi connectivity index (χ0n) is 15.5. The number of aromatic nitrogens is 2. The molecule has 0 bridgehead atoms. The Kier molecular flexibility index (Phi) is 5.53. The van der Waals surface area contributed by atoms with E-state index in [0.717, 1.165) is 29.0 Å². The van der Waals surface area contributed by atoms with Gasteiger partial charge in [-0.05, 0) is 42.0 Å². The summed E-state index contributed by atoms with van der Waals surface area (Å²) in [4.78, 5) is 28.1. The van der Waals surface area contributed by atoms with E-state index in [0.29, 0.717) is 19.6 Å². The van der Waals surface area contributed by atoms with Crippen LogP contribution in [-0.4, -0.2) is 39.6 Å². The molecular weight excluding hydrogens is 372 g/mol. The van der Waals surface area contributed by atoms with Gasteiger partial charge in [0.15, 0.2) is 0 Å². The second-order valence-electron chi connectivity index (χ2n) is 6.92. The maximum atomic E-state index is 12.9. The smallest absolute Gasteiger partial charge is 0.263 e. The maximum absolute atomic E-state index is 12.9. The topological polar surface area (TPSA) is 67.2 Å². The molecule has 1 saturated heterocycles. The number of carbonyl (C=O) groups is 2. The summed E-state index contributed by atoms with van der Waals surface area (Å²) in [5.74, 6) is -0.210. The minimum absolute atomic E-state index is 0.0200. The molecule has 1 N–H and O–H groups in total. The van der Waals surface area contributed by atoms with Crippen LogP contribution >= 0.6 is 11.3 Å². The largest absolute Gasteiger partial charge is 0.337 e. The summed E-state index contributed by atoms with van der Waals surface area (Å²) in [6.45, 7) is 1.76. The molecule has 0 saturated carbocycles. The molecule has 4 rings (SSSR count). The van der Waals surface area contributed by atoms with Gasteiger partial charge in [0.2, 0.25) is 5.91 Å². The van der Waals surface area contributed by atoms with Crippen LogP contribution in [0.15, 0.2) is 60.2 Å². The zero-order chi connectivity index (χ0) is 19.3. The lowest BCUT2D eigenvalue weighted by molar-refractivity contribution is -0.121. The molecule has 6 nitrogen and oxygen atoms in total. The molecule has 144 valence electrons. The highest BCUT2D eigenvalue weighted by molar-refractivity contribution is 7.12. The second kappa shape index (κ2) is 8.39. The highest BCUT2D eigenvalue weighted by atomic mass is 32.1. The molecule has 1 aliphatic rings. The molecule has 1 aromatic carbocycles. The maximum Gasteiger partial charge on any atom is 0.263 e. The average molecular weight is 395 g/mol. The molecule has 0 radical (unpaired) electrons. The van der Waals surface area contributed by atoms with Crippen molar-refractivity contribution in [3.8, 4) is 0 Å². The Morgan fingerprint density at radius 2 is 2.07 bits per heavy atom. The van der Waals surface area contributed by atoms with Crippen LogP contribution in [-0.2, 0) is 11.3 Å². The first kappa shape index (κ1) is 18.4. The second-order valence-corrected chi connectivity index (χ2v) is 7.87. The average Bonchev–Trinajstić information content (AvgIpc) is 3.43. The standard InChI is InChI=1S/C21H22N4O2S/c26-20(17-7-3-11-24(14-17)21(27)19-9-4-13-28-19)23-18-8-2-1-6-16(18)15-25-12-5-10-22-25/h1-2,4-6,8-10,12-13,17H,3,7,11,14-15H2,(H,23,26). The number of hydrogen-bond acceptors (Lipinski definition) is 4. The number of carbonyl (C=O) groups excluding carboxylic acids is 2. The molecule has 1 atom stereocenters. The molecule has 2 amide bonds. The van der Waals surface area contributed by atoms with Crippen molar-refractivity contribution < 1.29 is 9.59 Å². The fraction of sp³-hybridized carbons (Fsp3) is 0.286. The first-order valence-electron chi connectivity index (χ1n) is 9.39. The van der Waals surface area contributed by atoms with Crippen molar-refractivity contribution in [3.63, 3.8) is 0 Å². The first-order chi connectivity index (χ1) is 13.7. The van der Waals surface area contributed by atoms with Gasteiger partial charge in [-0.1, -0.05) is 24.3 Å². The minimum Gasteiger partial charge on any atom is -0.337 e. The van der Waals surface area contributed by atoms with Crippen LogP contribution in [0.2, 0.25) is 0 Å². The third-order valence-corrected chi connectivity index (χ3v) is 5.84. The van der Waals surface area contributed by atoms with Gasteiger partial charge in [0, 0.05) is 31.2 Å². The quantitative estimate of drug-likeness (QED) is 0.720. The van der Waals surface area contributed by atoms with Gasteiger partial charge >= 0.3 is 0 Å². The van der Waals surface area contributed by atoms with Crippen molar-refractivity contribution in [2.45, 2.75) is 19.4 Å². The van der Waals surface area contributed by atoms with Crippen molar-refractivity contribution in [1.82, 2.24) is 14.7 Å². The van der Waals surface area contributed by atoms with Crippen molar-refractivity contribution in [2.24, 2.45) is 5.92 Å². The van der Waals surface area contributed by atoms with E-state index in [1.54, 1.807) is 11.1 Å². The number of nitrogens with one attached hydrogen (secondary N) is 1. The molecule has 0 aliphatic carbocycles. The van der Waals surface area contributed by atoms with Crippen LogP contribution in [0.3, 0.4) is 0 Å². The molecule has 2 aromatic heterocycles. The summed E-state index contributed by atoms with van der Waals surface area (Å²) >= 11 is 1.44. The van der Waals surface area contributed by atoms with E-state index in [-0.39, 0.29) is 17.7 Å². The number of amides is 2. The van der Waals surface area contributed by atoms with Gasteiger partial charge < -0.3 is 10.2 Å². The third kappa shape index (κ3) is 4.14. The van der Waals surface area contributed by atoms with Crippen molar-refractivity contribution in [3.05, 3.63) is 70.7 Å². The number of nitrogens with zero attached hydrogens (tertiary/aromatic N) is 3. The van der Waals surface area contributed by atoms with Gasteiger partial charge in [0.05, 0.1) is 17.3 Å². The number of likely N-dealkylation sites (tertiary alicyclic amines) is 1. The minimum atomic E-state index is -0.199. The number of benzene rings is 1. The van der Waals surface area contributed by atoms with E-state index in [1.165, 1.54) is 11.3 Å².